The molecular weight excluding hydrogens is 274 g/mol. The Labute approximate surface area is 122 Å². The second kappa shape index (κ2) is 5.23. The molecule has 0 amide bonds. The van der Waals surface area contributed by atoms with Gasteiger partial charge in [-0.1, -0.05) is 6.07 Å². The number of nitrogens with two attached hydrogens (primary N) is 1. The summed E-state index contributed by atoms with van der Waals surface area (Å²) in [5, 5.41) is 3.23. The van der Waals surface area contributed by atoms with Gasteiger partial charge in [0, 0.05) is 22.8 Å². The Bertz CT molecular complexity index is 547. The molecule has 1 aliphatic carbocycles. The minimum absolute atomic E-state index is 0.138. The van der Waals surface area contributed by atoms with Crippen LogP contribution < -0.4 is 10.6 Å². The topological polar surface area (TPSA) is 42.2 Å². The third-order valence-electron chi connectivity index (χ3n) is 3.82. The molecule has 0 aliphatic heterocycles. The largest absolute Gasteiger partial charge is 0.344 e. The Hall–Kier alpha value is -0.910. The first-order chi connectivity index (χ1) is 9.16. The molecule has 0 bridgehead atoms. The van der Waals surface area contributed by atoms with Crippen molar-refractivity contribution in [3.63, 3.8) is 0 Å². The number of thiazole rings is 1. The number of fused-ring (bicyclic) bond motifs is 1. The van der Waals surface area contributed by atoms with Crippen LogP contribution in [0.15, 0.2) is 17.5 Å². The zero-order chi connectivity index (χ0) is 13.4. The van der Waals surface area contributed by atoms with Gasteiger partial charge in [0.1, 0.15) is 0 Å². The van der Waals surface area contributed by atoms with Crippen molar-refractivity contribution in [1.29, 1.82) is 0 Å². The molecule has 2 aromatic rings. The van der Waals surface area contributed by atoms with Gasteiger partial charge in [-0.05, 0) is 37.6 Å². The van der Waals surface area contributed by atoms with Gasteiger partial charge in [-0.3, -0.25) is 0 Å². The molecule has 0 saturated carbocycles. The van der Waals surface area contributed by atoms with Gasteiger partial charge < -0.3 is 10.6 Å². The van der Waals surface area contributed by atoms with Crippen LogP contribution in [-0.2, 0) is 6.42 Å². The van der Waals surface area contributed by atoms with E-state index >= 15 is 0 Å². The van der Waals surface area contributed by atoms with Crippen LogP contribution in [0.3, 0.4) is 0 Å². The Morgan fingerprint density at radius 2 is 2.37 bits per heavy atom. The van der Waals surface area contributed by atoms with Crippen molar-refractivity contribution >= 4 is 27.8 Å². The fraction of sp³-hybridized carbons (Fsp3) is 0.500. The van der Waals surface area contributed by atoms with E-state index in [1.165, 1.54) is 16.2 Å². The molecule has 0 fully saturated rings. The molecule has 2 N–H and O–H groups in total. The second-order valence-electron chi connectivity index (χ2n) is 5.11. The molecule has 0 radical (unpaired) electrons. The van der Waals surface area contributed by atoms with E-state index < -0.39 is 0 Å². The predicted molar refractivity (Wildman–Crippen MR) is 83.1 cm³/mol. The smallest absolute Gasteiger partial charge is 0.186 e. The summed E-state index contributed by atoms with van der Waals surface area (Å²) in [7, 11) is 2.13. The number of aryl methyl sites for hydroxylation is 1. The summed E-state index contributed by atoms with van der Waals surface area (Å²) in [5.41, 5.74) is 7.29. The summed E-state index contributed by atoms with van der Waals surface area (Å²) in [6.45, 7) is 2.23. The average molecular weight is 293 g/mol. The first-order valence-electron chi connectivity index (χ1n) is 6.68. The van der Waals surface area contributed by atoms with Crippen LogP contribution in [0, 0.1) is 0 Å². The number of aromatic nitrogens is 1. The van der Waals surface area contributed by atoms with E-state index in [1.54, 1.807) is 11.3 Å². The maximum atomic E-state index is 6.16. The quantitative estimate of drug-likeness (QED) is 0.937. The highest BCUT2D eigenvalue weighted by Crippen LogP contribution is 2.38. The van der Waals surface area contributed by atoms with Gasteiger partial charge >= 0.3 is 0 Å². The van der Waals surface area contributed by atoms with Crippen LogP contribution in [-0.4, -0.2) is 12.0 Å². The molecule has 2 heterocycles. The second-order valence-corrected chi connectivity index (χ2v) is 7.15. The van der Waals surface area contributed by atoms with Crippen LogP contribution in [0.2, 0.25) is 0 Å². The Kier molecular flexibility index (Phi) is 3.60. The first kappa shape index (κ1) is 13.1. The summed E-state index contributed by atoms with van der Waals surface area (Å²) in [5.74, 6) is 0. The minimum Gasteiger partial charge on any atom is -0.344 e. The van der Waals surface area contributed by atoms with Crippen LogP contribution >= 0.6 is 22.7 Å². The van der Waals surface area contributed by atoms with Gasteiger partial charge in [-0.15, -0.1) is 22.7 Å². The molecule has 0 aromatic carbocycles. The van der Waals surface area contributed by atoms with Gasteiger partial charge in [-0.2, -0.15) is 0 Å². The lowest BCUT2D eigenvalue weighted by Gasteiger charge is -2.23. The van der Waals surface area contributed by atoms with Crippen molar-refractivity contribution < 1.29 is 0 Å². The number of hydrogen-bond donors (Lipinski definition) is 1. The number of nitrogens with zero attached hydrogens (tertiary/aromatic N) is 2. The van der Waals surface area contributed by atoms with Crippen molar-refractivity contribution in [3.8, 4) is 0 Å². The minimum atomic E-state index is 0.138. The van der Waals surface area contributed by atoms with Crippen LogP contribution in [0.25, 0.3) is 0 Å². The van der Waals surface area contributed by atoms with Gasteiger partial charge in [0.15, 0.2) is 5.13 Å². The van der Waals surface area contributed by atoms with Gasteiger partial charge in [-0.25, -0.2) is 4.98 Å². The maximum absolute atomic E-state index is 6.16. The monoisotopic (exact) mass is 293 g/mol. The summed E-state index contributed by atoms with van der Waals surface area (Å²) < 4.78 is 0. The van der Waals surface area contributed by atoms with E-state index in [4.69, 9.17) is 10.7 Å². The summed E-state index contributed by atoms with van der Waals surface area (Å²) in [4.78, 5) is 9.82. The third-order valence-corrected chi connectivity index (χ3v) is 6.09. The van der Waals surface area contributed by atoms with Gasteiger partial charge in [0.2, 0.25) is 0 Å². The number of thiophene rings is 1. The molecule has 2 atom stereocenters. The van der Waals surface area contributed by atoms with Crippen LogP contribution in [0.4, 0.5) is 5.13 Å². The summed E-state index contributed by atoms with van der Waals surface area (Å²) in [6.07, 6.45) is 3.41. The zero-order valence-electron chi connectivity index (χ0n) is 11.3. The molecule has 3 nitrogen and oxygen atoms in total. The number of anilines is 1. The molecule has 0 saturated heterocycles. The van der Waals surface area contributed by atoms with E-state index in [1.807, 2.05) is 11.3 Å². The molecule has 2 unspecified atom stereocenters. The zero-order valence-corrected chi connectivity index (χ0v) is 12.9. The van der Waals surface area contributed by atoms with Gasteiger partial charge in [0.05, 0.1) is 11.7 Å². The lowest BCUT2D eigenvalue weighted by atomic mass is 9.99. The molecule has 19 heavy (non-hydrogen) atoms. The van der Waals surface area contributed by atoms with E-state index in [0.29, 0.717) is 6.04 Å². The predicted octanol–water partition coefficient (Wildman–Crippen LogP) is 3.74. The molecule has 5 heteroatoms. The maximum Gasteiger partial charge on any atom is 0.186 e. The molecule has 3 rings (SSSR count). The lowest BCUT2D eigenvalue weighted by Crippen LogP contribution is -2.21. The highest BCUT2D eigenvalue weighted by Gasteiger charge is 2.24. The van der Waals surface area contributed by atoms with Crippen LogP contribution in [0.1, 0.15) is 47.3 Å². The highest BCUT2D eigenvalue weighted by atomic mass is 32.1. The Morgan fingerprint density at radius 3 is 3.05 bits per heavy atom. The van der Waals surface area contributed by atoms with E-state index in [2.05, 4.69) is 36.4 Å². The highest BCUT2D eigenvalue weighted by molar-refractivity contribution is 7.15. The number of hydrogen-bond acceptors (Lipinski definition) is 5. The lowest BCUT2D eigenvalue weighted by molar-refractivity contribution is 0.563. The van der Waals surface area contributed by atoms with Crippen molar-refractivity contribution in [3.05, 3.63) is 33.0 Å². The van der Waals surface area contributed by atoms with E-state index in [-0.39, 0.29) is 6.04 Å². The standard InChI is InChI=1S/C14H19N3S2/c1-9(11-7-4-8-18-11)17(2)14-16-13-10(15)5-3-6-12(13)19-14/h4,7-10H,3,5-6,15H2,1-2H3. The molecule has 102 valence electrons. The Balaban J connectivity index is 1.86. The summed E-state index contributed by atoms with van der Waals surface area (Å²) >= 11 is 3.61. The van der Waals surface area contributed by atoms with Crippen molar-refractivity contribution in [2.24, 2.45) is 5.73 Å². The van der Waals surface area contributed by atoms with Crippen molar-refractivity contribution in [2.75, 3.05) is 11.9 Å². The SMILES string of the molecule is CC(c1cccs1)N(C)c1nc2c(s1)CCCC2N. The van der Waals surface area contributed by atoms with Crippen molar-refractivity contribution in [2.45, 2.75) is 38.3 Å². The molecular formula is C14H19N3S2. The summed E-state index contributed by atoms with van der Waals surface area (Å²) in [6, 6.07) is 4.79. The van der Waals surface area contributed by atoms with Crippen molar-refractivity contribution in [1.82, 2.24) is 4.98 Å². The van der Waals surface area contributed by atoms with E-state index in [9.17, 15) is 0 Å². The fourth-order valence-corrected chi connectivity index (χ4v) is 4.52. The average Bonchev–Trinajstić information content (AvgIpc) is 3.06. The first-order valence-corrected chi connectivity index (χ1v) is 8.38. The van der Waals surface area contributed by atoms with Gasteiger partial charge in [0.25, 0.3) is 0 Å². The molecule has 1 aliphatic rings. The number of rotatable bonds is 3. The van der Waals surface area contributed by atoms with Crippen LogP contribution in [0.5, 0.6) is 0 Å². The van der Waals surface area contributed by atoms with E-state index in [0.717, 1.165) is 23.7 Å². The fourth-order valence-electron chi connectivity index (χ4n) is 2.48. The Morgan fingerprint density at radius 1 is 1.53 bits per heavy atom. The molecule has 0 spiro atoms. The molecule has 2 aromatic heterocycles. The third kappa shape index (κ3) is 2.42. The normalized spacial score (nSPS) is 20.1.